The number of unbranched alkanes of at least 4 members (excludes halogenated alkanes) is 1. The Balaban J connectivity index is 0.000000166. The van der Waals surface area contributed by atoms with Crippen LogP contribution >= 0.6 is 58.4 Å². The first-order valence-electron chi connectivity index (χ1n) is 40.8. The molecule has 130 heavy (non-hydrogen) atoms. The fraction of sp³-hybridized carbons (Fsp3) is 0.200. The van der Waals surface area contributed by atoms with Gasteiger partial charge in [-0.25, -0.2) is 27.0 Å². The SMILES string of the molecule is CN1C(=Cc2nc(-c3ccccc3)[n+](C)c3ccsc23)Sc2ccccc21.COc1cc2c(C=C3Sc4ccc(F)cc4N3C)nc(-c3ccccc3)[n+](C)c2cc1OC.COc1cc2c(C=C3Sc4ccccc4N3C)nc(CCCC[N+](C)(C)C)[n+](C)c2cc1OC.COc1ccc2c(c1)c(C=C1Sc3ccc(F)cc3N1C)nc(-c1ccccc1)[n+]2C.[I-].[I-].[I-].[I-].[I-]. The topological polar surface area (TPSA) is 126 Å². The van der Waals surface area contributed by atoms with E-state index in [2.05, 4.69) is 204 Å². The van der Waals surface area contributed by atoms with Crippen molar-refractivity contribution >= 4 is 148 Å². The van der Waals surface area contributed by atoms with E-state index >= 15 is 0 Å². The molecule has 0 radical (unpaired) electrons. The van der Waals surface area contributed by atoms with Gasteiger partial charge >= 0.3 is 17.5 Å². The van der Waals surface area contributed by atoms with Gasteiger partial charge in [-0.2, -0.15) is 0 Å². The Labute approximate surface area is 865 Å². The third-order valence-electron chi connectivity index (χ3n) is 22.4. The molecule has 672 valence electrons. The van der Waals surface area contributed by atoms with Gasteiger partial charge in [0.1, 0.15) is 44.2 Å². The van der Waals surface area contributed by atoms with Crippen LogP contribution in [0.5, 0.6) is 28.7 Å². The second-order valence-electron chi connectivity index (χ2n) is 31.4. The second kappa shape index (κ2) is 44.9. The molecule has 0 amide bonds. The number of nitrogens with zero attached hydrogens (tertiary/aromatic N) is 13. The second-order valence-corrected chi connectivity index (χ2v) is 36.5. The maximum Gasteiger partial charge on any atom is 0.331 e. The average molecular weight is 2390 g/mol. The van der Waals surface area contributed by atoms with E-state index < -0.39 is 0 Å². The summed E-state index contributed by atoms with van der Waals surface area (Å²) in [5, 5.41) is 9.43. The molecule has 0 saturated heterocycles. The minimum atomic E-state index is -0.249. The molecular formula is C100H98F2I5N13O5S5. The number of benzene rings is 10. The first kappa shape index (κ1) is 102. The van der Waals surface area contributed by atoms with Gasteiger partial charge in [-0.1, -0.05) is 126 Å². The van der Waals surface area contributed by atoms with Crippen LogP contribution in [0.4, 0.5) is 31.5 Å². The number of anilines is 4. The van der Waals surface area contributed by atoms with Gasteiger partial charge in [0, 0.05) is 84.2 Å². The molecule has 0 atom stereocenters. The average Bonchev–Trinajstić information content (AvgIpc) is 1.33. The molecule has 10 aromatic carbocycles. The van der Waals surface area contributed by atoms with Crippen molar-refractivity contribution in [2.75, 3.05) is 111 Å². The lowest BCUT2D eigenvalue weighted by Gasteiger charge is -2.23. The predicted octanol–water partition coefficient (Wildman–Crippen LogP) is 5.83. The van der Waals surface area contributed by atoms with E-state index in [9.17, 15) is 8.78 Å². The van der Waals surface area contributed by atoms with Gasteiger partial charge in [0.15, 0.2) is 45.8 Å². The number of aromatic nitrogens is 8. The first-order chi connectivity index (χ1) is 60.5. The van der Waals surface area contributed by atoms with Crippen molar-refractivity contribution in [3.8, 4) is 62.9 Å². The molecule has 5 aromatic heterocycles. The summed E-state index contributed by atoms with van der Waals surface area (Å²) in [6, 6.07) is 73.6. The Hall–Kier alpha value is -8.71. The number of thioether (sulfide) groups is 4. The van der Waals surface area contributed by atoms with Crippen molar-refractivity contribution in [2.45, 2.75) is 38.8 Å². The number of methoxy groups -OCH3 is 5. The number of thiophene rings is 1. The van der Waals surface area contributed by atoms with E-state index in [1.165, 1.54) is 55.0 Å². The Kier molecular flexibility index (Phi) is 35.2. The molecule has 19 rings (SSSR count). The van der Waals surface area contributed by atoms with Crippen LogP contribution in [0, 0.1) is 11.6 Å². The summed E-state index contributed by atoms with van der Waals surface area (Å²) in [4.78, 5) is 33.4. The normalized spacial score (nSPS) is 13.9. The molecule has 0 aliphatic carbocycles. The van der Waals surface area contributed by atoms with E-state index in [-0.39, 0.29) is 132 Å². The van der Waals surface area contributed by atoms with Crippen molar-refractivity contribution in [2.24, 2.45) is 28.2 Å². The van der Waals surface area contributed by atoms with E-state index in [1.807, 2.05) is 141 Å². The molecule has 30 heteroatoms. The molecule has 15 aromatic rings. The molecule has 0 saturated carbocycles. The largest absolute Gasteiger partial charge is 1.00 e. The Morgan fingerprint density at radius 1 is 0.354 bits per heavy atom. The summed E-state index contributed by atoms with van der Waals surface area (Å²) in [5.74, 6) is 6.78. The zero-order valence-electron chi connectivity index (χ0n) is 74.6. The van der Waals surface area contributed by atoms with Crippen LogP contribution in [-0.4, -0.2) is 116 Å². The Bertz CT molecular complexity index is 6800. The van der Waals surface area contributed by atoms with Crippen molar-refractivity contribution in [1.82, 2.24) is 19.9 Å². The number of hydrogen-bond acceptors (Lipinski definition) is 18. The van der Waals surface area contributed by atoms with E-state index in [1.54, 1.807) is 106 Å². The molecule has 0 bridgehead atoms. The van der Waals surface area contributed by atoms with Gasteiger partial charge in [-0.05, 0) is 172 Å². The molecule has 9 heterocycles. The van der Waals surface area contributed by atoms with Crippen molar-refractivity contribution in [1.29, 1.82) is 0 Å². The maximum atomic E-state index is 13.8. The number of ether oxygens (including phenoxy) is 5. The van der Waals surface area contributed by atoms with Gasteiger partial charge in [0.25, 0.3) is 5.82 Å². The zero-order valence-corrected chi connectivity index (χ0v) is 89.5. The van der Waals surface area contributed by atoms with Crippen LogP contribution < -0.4 is 181 Å². The van der Waals surface area contributed by atoms with Gasteiger partial charge < -0.3 is 168 Å². The number of quaternary nitrogens is 1. The Morgan fingerprint density at radius 2 is 0.715 bits per heavy atom. The van der Waals surface area contributed by atoms with Crippen molar-refractivity contribution < 1.29 is 175 Å². The Morgan fingerprint density at radius 3 is 1.14 bits per heavy atom. The van der Waals surface area contributed by atoms with Crippen LogP contribution in [0.15, 0.2) is 270 Å². The number of para-hydroxylation sites is 2. The maximum absolute atomic E-state index is 13.8. The van der Waals surface area contributed by atoms with Crippen LogP contribution in [0.1, 0.15) is 41.4 Å². The molecule has 0 fully saturated rings. The summed E-state index contributed by atoms with van der Waals surface area (Å²) < 4.78 is 66.2. The third kappa shape index (κ3) is 21.9. The summed E-state index contributed by atoms with van der Waals surface area (Å²) >= 11 is 8.54. The molecular weight excluding hydrogens is 2300 g/mol. The summed E-state index contributed by atoms with van der Waals surface area (Å²) in [5.41, 5.74) is 15.3. The van der Waals surface area contributed by atoms with Gasteiger partial charge in [0.05, 0.1) is 174 Å². The smallest absolute Gasteiger partial charge is 0.331 e. The molecule has 4 aliphatic heterocycles. The predicted molar refractivity (Wildman–Crippen MR) is 509 cm³/mol. The van der Waals surface area contributed by atoms with Gasteiger partial charge in [0.2, 0.25) is 0 Å². The van der Waals surface area contributed by atoms with Crippen molar-refractivity contribution in [3.05, 3.63) is 290 Å². The monoisotopic (exact) mass is 2390 g/mol. The standard InChI is InChI=1S/C27H36N4O2S.C26H23FN3O2S.C25H21FN3OS.C22H18N3S2.5HI/c1-29-22-18-24(33-7)23(32-6)16-19(22)20(28-26(29)14-10-11-15-31(3,4)5)17-27-30(2)21-12-8-9-13-25(21)34-27;1-29-21-12-17(27)10-11-24(21)33-25(29)14-19-18-13-22(31-3)23(32-4)15-20(18)30(2)26(28-19)16-8-6-5-7-9-16;1-28-22-13-17(26)9-12-23(22)31-24(28)15-20-19-14-18(30-3)10-11-21(19)29(2)25(27-20)16-7-5-4-6-8-16;1-24-17-10-6-7-11-19(17)27-20(24)14-16-21-18(12-13-26-21)25(2)22(23-16)15-8-4-3-5-9-15;;;;;/h8-9,12-13,16-18H,10-11,14-15H2,1-7H3;5-15H,1-4H3;4-15H,1-3H3;3-14H,1-2H3;5*1H/q+2;3*+1;;;;;/p-5. The highest BCUT2D eigenvalue weighted by Crippen LogP contribution is 2.51. The van der Waals surface area contributed by atoms with Crippen molar-refractivity contribution in [3.63, 3.8) is 0 Å². The molecule has 0 unspecified atom stereocenters. The van der Waals surface area contributed by atoms with E-state index in [0.29, 0.717) is 17.2 Å². The lowest BCUT2D eigenvalue weighted by Crippen LogP contribution is -3.00. The highest BCUT2D eigenvalue weighted by molar-refractivity contribution is 8.04. The number of halogens is 7. The van der Waals surface area contributed by atoms with E-state index in [0.717, 1.165) is 167 Å². The molecule has 0 spiro atoms. The molecule has 4 aliphatic rings. The van der Waals surface area contributed by atoms with Gasteiger partial charge in [-0.15, -0.1) is 11.3 Å². The summed E-state index contributed by atoms with van der Waals surface area (Å²) in [7, 11) is 31.3. The number of fused-ring (bicyclic) bond motifs is 8. The zero-order chi connectivity index (χ0) is 87.5. The third-order valence-corrected chi connectivity index (χ3v) is 28.0. The number of hydrogen-bond donors (Lipinski definition) is 0. The van der Waals surface area contributed by atoms with E-state index in [4.69, 9.17) is 43.6 Å². The molecule has 18 nitrogen and oxygen atoms in total. The van der Waals surface area contributed by atoms with Crippen LogP contribution in [0.25, 0.3) is 101 Å². The minimum absolute atomic E-state index is 0. The van der Waals surface area contributed by atoms with Crippen LogP contribution in [0.3, 0.4) is 0 Å². The lowest BCUT2D eigenvalue weighted by molar-refractivity contribution is -0.870. The highest BCUT2D eigenvalue weighted by atomic mass is 127. The quantitative estimate of drug-likeness (QED) is 0.0470. The van der Waals surface area contributed by atoms with Crippen LogP contribution in [-0.2, 0) is 34.6 Å². The van der Waals surface area contributed by atoms with Crippen LogP contribution in [0.2, 0.25) is 0 Å². The van der Waals surface area contributed by atoms with Gasteiger partial charge in [-0.3, -0.25) is 0 Å². The molecule has 0 N–H and O–H groups in total. The fourth-order valence-electron chi connectivity index (χ4n) is 15.6. The highest BCUT2D eigenvalue weighted by Gasteiger charge is 2.33. The number of aryl methyl sites for hydroxylation is 5. The fourth-order valence-corrected chi connectivity index (χ4v) is 20.8. The summed E-state index contributed by atoms with van der Waals surface area (Å²) in [6.45, 7) is 1.15. The minimum Gasteiger partial charge on any atom is -1.00 e. The number of rotatable bonds is 17. The first-order valence-corrected chi connectivity index (χ1v) is 45.0. The lowest BCUT2D eigenvalue weighted by atomic mass is 10.1. The summed E-state index contributed by atoms with van der Waals surface area (Å²) in [6.07, 6.45) is 11.7.